The van der Waals surface area contributed by atoms with Crippen molar-refractivity contribution in [2.45, 2.75) is 12.6 Å². The summed E-state index contributed by atoms with van der Waals surface area (Å²) < 4.78 is 0. The molecule has 0 aliphatic heterocycles. The molecular weight excluding hydrogens is 314 g/mol. The number of nitrogens with two attached hydrogens (primary N) is 1. The second kappa shape index (κ2) is 7.49. The number of nitriles is 1. The van der Waals surface area contributed by atoms with Crippen molar-refractivity contribution in [3.05, 3.63) is 59.7 Å². The second-order valence-electron chi connectivity index (χ2n) is 5.97. The first kappa shape index (κ1) is 18.0. The highest BCUT2D eigenvalue weighted by Crippen LogP contribution is 2.28. The van der Waals surface area contributed by atoms with Crippen molar-refractivity contribution in [2.75, 3.05) is 14.1 Å². The lowest BCUT2D eigenvalue weighted by Crippen LogP contribution is -2.42. The quantitative estimate of drug-likeness (QED) is 0.496. The van der Waals surface area contributed by atoms with Gasteiger partial charge in [-0.2, -0.15) is 5.26 Å². The van der Waals surface area contributed by atoms with Crippen LogP contribution in [0.1, 0.15) is 18.1 Å². The Kier molecular flexibility index (Phi) is 5.40. The summed E-state index contributed by atoms with van der Waals surface area (Å²) in [6, 6.07) is 17.1. The maximum atomic E-state index is 11.1. The molecule has 1 atom stereocenters. The van der Waals surface area contributed by atoms with E-state index in [4.69, 9.17) is 11.0 Å². The molecule has 2 aromatic rings. The summed E-state index contributed by atoms with van der Waals surface area (Å²) in [6.45, 7) is 1.78. The fraction of sp³-hybridized carbons (Fsp3) is 0.211. The average Bonchev–Trinajstić information content (AvgIpc) is 2.62. The molecule has 0 radical (unpaired) electrons. The molecule has 0 aromatic heterocycles. The van der Waals surface area contributed by atoms with E-state index in [0.29, 0.717) is 17.9 Å². The van der Waals surface area contributed by atoms with Crippen molar-refractivity contribution < 1.29 is 4.79 Å². The maximum absolute atomic E-state index is 11.1. The summed E-state index contributed by atoms with van der Waals surface area (Å²) in [5.74, 6) is 0.300. The van der Waals surface area contributed by atoms with E-state index in [1.54, 1.807) is 32.0 Å². The molecule has 0 aliphatic carbocycles. The van der Waals surface area contributed by atoms with E-state index in [1.165, 1.54) is 0 Å². The van der Waals surface area contributed by atoms with Crippen LogP contribution in [0.25, 0.3) is 11.1 Å². The minimum atomic E-state index is -1.00. The third-order valence-corrected chi connectivity index (χ3v) is 3.89. The van der Waals surface area contributed by atoms with Crippen LogP contribution in [-0.4, -0.2) is 31.4 Å². The number of carbonyl (C=O) groups is 1. The van der Waals surface area contributed by atoms with Gasteiger partial charge in [0, 0.05) is 14.1 Å². The van der Waals surface area contributed by atoms with Crippen molar-refractivity contribution in [1.82, 2.24) is 10.2 Å². The third-order valence-electron chi connectivity index (χ3n) is 3.89. The Bertz CT molecular complexity index is 838. The second-order valence-corrected chi connectivity index (χ2v) is 5.97. The number of nitrogens with zero attached hydrogens (tertiary/aromatic N) is 3. The Balaban J connectivity index is 2.52. The standard InChI is InChI=1S/C19H21N5O/c1-19(22-13-25,23-18(21)24(2)3)17-9-5-8-16(11-17)15-7-4-6-14(10-15)12-20/h4-11,13H,1-3H3,(H2,21,23)(H,22,25). The number of hydrogen-bond acceptors (Lipinski definition) is 3. The van der Waals surface area contributed by atoms with Crippen molar-refractivity contribution in [2.24, 2.45) is 10.7 Å². The number of amides is 1. The zero-order chi connectivity index (χ0) is 18.4. The van der Waals surface area contributed by atoms with Crippen LogP contribution in [0.15, 0.2) is 53.5 Å². The van der Waals surface area contributed by atoms with E-state index in [0.717, 1.165) is 16.7 Å². The zero-order valence-electron chi connectivity index (χ0n) is 14.5. The average molecular weight is 335 g/mol. The van der Waals surface area contributed by atoms with Crippen molar-refractivity contribution in [3.63, 3.8) is 0 Å². The molecule has 1 unspecified atom stereocenters. The highest BCUT2D eigenvalue weighted by Gasteiger charge is 2.26. The number of rotatable bonds is 5. The molecule has 2 rings (SSSR count). The number of nitrogens with one attached hydrogen (secondary N) is 1. The van der Waals surface area contributed by atoms with Gasteiger partial charge in [0.2, 0.25) is 6.41 Å². The molecular formula is C19H21N5O. The number of guanidine groups is 1. The Hall–Kier alpha value is -3.33. The van der Waals surface area contributed by atoms with Crippen LogP contribution >= 0.6 is 0 Å². The summed E-state index contributed by atoms with van der Waals surface area (Å²) in [4.78, 5) is 17.2. The molecule has 0 fully saturated rings. The topological polar surface area (TPSA) is 94.5 Å². The largest absolute Gasteiger partial charge is 0.370 e. The summed E-state index contributed by atoms with van der Waals surface area (Å²) in [7, 11) is 3.56. The Labute approximate surface area is 147 Å². The van der Waals surface area contributed by atoms with Gasteiger partial charge in [0.25, 0.3) is 0 Å². The summed E-state index contributed by atoms with van der Waals surface area (Å²) in [5, 5.41) is 11.8. The van der Waals surface area contributed by atoms with Gasteiger partial charge in [-0.1, -0.05) is 30.3 Å². The smallest absolute Gasteiger partial charge is 0.209 e. The molecule has 2 aromatic carbocycles. The number of benzene rings is 2. The van der Waals surface area contributed by atoms with Crippen LogP contribution in [0.3, 0.4) is 0 Å². The van der Waals surface area contributed by atoms with Crippen molar-refractivity contribution in [3.8, 4) is 17.2 Å². The normalized spacial score (nSPS) is 13.4. The molecule has 0 saturated carbocycles. The molecule has 25 heavy (non-hydrogen) atoms. The molecule has 0 aliphatic rings. The Morgan fingerprint density at radius 3 is 2.48 bits per heavy atom. The molecule has 0 bridgehead atoms. The van der Waals surface area contributed by atoms with Crippen LogP contribution in [-0.2, 0) is 10.5 Å². The van der Waals surface area contributed by atoms with Gasteiger partial charge in [0.15, 0.2) is 11.6 Å². The highest BCUT2D eigenvalue weighted by molar-refractivity contribution is 5.78. The fourth-order valence-corrected chi connectivity index (χ4v) is 2.39. The molecule has 0 spiro atoms. The lowest BCUT2D eigenvalue weighted by atomic mass is 9.96. The van der Waals surface area contributed by atoms with E-state index in [-0.39, 0.29) is 0 Å². The number of aliphatic imine (C=N–C) groups is 1. The summed E-state index contributed by atoms with van der Waals surface area (Å²) >= 11 is 0. The van der Waals surface area contributed by atoms with Crippen LogP contribution < -0.4 is 11.1 Å². The van der Waals surface area contributed by atoms with Gasteiger partial charge in [0.1, 0.15) is 0 Å². The van der Waals surface area contributed by atoms with Crippen LogP contribution in [0.4, 0.5) is 0 Å². The summed E-state index contributed by atoms with van der Waals surface area (Å²) in [5.41, 5.74) is 8.15. The monoisotopic (exact) mass is 335 g/mol. The molecule has 6 heteroatoms. The zero-order valence-corrected chi connectivity index (χ0v) is 14.5. The van der Waals surface area contributed by atoms with E-state index in [9.17, 15) is 4.79 Å². The predicted molar refractivity (Wildman–Crippen MR) is 98.5 cm³/mol. The molecule has 3 N–H and O–H groups in total. The van der Waals surface area contributed by atoms with Crippen LogP contribution in [0.2, 0.25) is 0 Å². The SMILES string of the molecule is CN(C)/C(N)=N\C(C)(NC=O)c1cccc(-c2cccc(C#N)c2)c1. The Morgan fingerprint density at radius 1 is 1.24 bits per heavy atom. The van der Waals surface area contributed by atoms with Gasteiger partial charge in [-0.15, -0.1) is 0 Å². The van der Waals surface area contributed by atoms with Crippen molar-refractivity contribution >= 4 is 12.4 Å². The van der Waals surface area contributed by atoms with Gasteiger partial charge in [0.05, 0.1) is 11.6 Å². The van der Waals surface area contributed by atoms with Crippen molar-refractivity contribution in [1.29, 1.82) is 5.26 Å². The molecule has 0 saturated heterocycles. The Morgan fingerprint density at radius 2 is 1.88 bits per heavy atom. The molecule has 1 amide bonds. The van der Waals surface area contributed by atoms with Crippen LogP contribution in [0, 0.1) is 11.3 Å². The van der Waals surface area contributed by atoms with Crippen LogP contribution in [0.5, 0.6) is 0 Å². The van der Waals surface area contributed by atoms with Gasteiger partial charge < -0.3 is 16.0 Å². The van der Waals surface area contributed by atoms with E-state index >= 15 is 0 Å². The summed E-state index contributed by atoms with van der Waals surface area (Å²) in [6.07, 6.45) is 0.607. The number of carbonyl (C=O) groups excluding carboxylic acids is 1. The maximum Gasteiger partial charge on any atom is 0.209 e. The fourth-order valence-electron chi connectivity index (χ4n) is 2.39. The third kappa shape index (κ3) is 4.15. The first-order chi connectivity index (χ1) is 11.9. The van der Waals surface area contributed by atoms with Gasteiger partial charge in [-0.05, 0) is 41.8 Å². The van der Waals surface area contributed by atoms with Gasteiger partial charge >= 0.3 is 0 Å². The van der Waals surface area contributed by atoms with E-state index < -0.39 is 5.66 Å². The lowest BCUT2D eigenvalue weighted by molar-refractivity contribution is -0.111. The first-order valence-electron chi connectivity index (χ1n) is 7.74. The number of hydrogen-bond donors (Lipinski definition) is 2. The molecule has 6 nitrogen and oxygen atoms in total. The highest BCUT2D eigenvalue weighted by atomic mass is 16.1. The van der Waals surface area contributed by atoms with E-state index in [2.05, 4.69) is 16.4 Å². The molecule has 128 valence electrons. The molecule has 0 heterocycles. The lowest BCUT2D eigenvalue weighted by Gasteiger charge is -2.27. The predicted octanol–water partition coefficient (Wildman–Crippen LogP) is 2.02. The van der Waals surface area contributed by atoms with Gasteiger partial charge in [-0.25, -0.2) is 4.99 Å². The first-order valence-corrected chi connectivity index (χ1v) is 7.74. The minimum Gasteiger partial charge on any atom is -0.370 e. The minimum absolute atomic E-state index is 0.300. The van der Waals surface area contributed by atoms with E-state index in [1.807, 2.05) is 42.5 Å². The van der Waals surface area contributed by atoms with Gasteiger partial charge in [-0.3, -0.25) is 4.79 Å².